The summed E-state index contributed by atoms with van der Waals surface area (Å²) in [6.07, 6.45) is 11.6. The van der Waals surface area contributed by atoms with Gasteiger partial charge in [0.15, 0.2) is 0 Å². The molecule has 0 aliphatic rings. The lowest BCUT2D eigenvalue weighted by Crippen LogP contribution is -2.30. The van der Waals surface area contributed by atoms with Gasteiger partial charge < -0.3 is 13.7 Å². The van der Waals surface area contributed by atoms with Gasteiger partial charge in [-0.05, 0) is 72.0 Å². The summed E-state index contributed by atoms with van der Waals surface area (Å²) in [5, 5.41) is 4.50. The van der Waals surface area contributed by atoms with Crippen LogP contribution in [-0.2, 0) is 6.42 Å². The van der Waals surface area contributed by atoms with Crippen molar-refractivity contribution in [2.75, 3.05) is 4.90 Å². The molecule has 0 bridgehead atoms. The number of furan rings is 2. The van der Waals surface area contributed by atoms with Crippen molar-refractivity contribution >= 4 is 55.3 Å². The van der Waals surface area contributed by atoms with Crippen LogP contribution in [0.1, 0.15) is 12.0 Å². The van der Waals surface area contributed by atoms with E-state index < -0.39 is 0 Å². The van der Waals surface area contributed by atoms with Crippen LogP contribution in [-0.4, -0.2) is 6.04 Å². The fourth-order valence-electron chi connectivity index (χ4n) is 7.52. The number of rotatable bonds is 9. The van der Waals surface area contributed by atoms with Crippen LogP contribution < -0.4 is 4.90 Å². The molecule has 52 heavy (non-hydrogen) atoms. The molecule has 0 saturated carbocycles. The number of hydrogen-bond acceptors (Lipinski definition) is 3. The lowest BCUT2D eigenvalue weighted by molar-refractivity contribution is 0.669. The van der Waals surface area contributed by atoms with E-state index >= 15 is 0 Å². The van der Waals surface area contributed by atoms with E-state index in [0.29, 0.717) is 0 Å². The number of para-hydroxylation sites is 4. The van der Waals surface area contributed by atoms with Gasteiger partial charge in [0.1, 0.15) is 22.3 Å². The molecule has 2 aromatic heterocycles. The first-order chi connectivity index (χ1) is 25.7. The zero-order chi connectivity index (χ0) is 34.9. The number of benzene rings is 7. The predicted molar refractivity (Wildman–Crippen MR) is 217 cm³/mol. The molecule has 0 amide bonds. The third kappa shape index (κ3) is 5.71. The van der Waals surface area contributed by atoms with E-state index in [2.05, 4.69) is 156 Å². The quantitative estimate of drug-likeness (QED) is 0.143. The highest BCUT2D eigenvalue weighted by atomic mass is 16.3. The first-order valence-electron chi connectivity index (χ1n) is 17.7. The average Bonchev–Trinajstić information content (AvgIpc) is 3.79. The molecule has 3 nitrogen and oxygen atoms in total. The van der Waals surface area contributed by atoms with Crippen molar-refractivity contribution in [1.29, 1.82) is 0 Å². The average molecular weight is 670 g/mol. The van der Waals surface area contributed by atoms with Gasteiger partial charge in [0, 0.05) is 44.0 Å². The Morgan fingerprint density at radius 2 is 1.00 bits per heavy atom. The Kier molecular flexibility index (Phi) is 8.12. The summed E-state index contributed by atoms with van der Waals surface area (Å²) in [6.45, 7) is 0. The van der Waals surface area contributed by atoms with Gasteiger partial charge in [-0.15, -0.1) is 6.42 Å². The maximum absolute atomic E-state index is 6.39. The highest BCUT2D eigenvalue weighted by molar-refractivity contribution is 6.10. The zero-order valence-electron chi connectivity index (χ0n) is 28.6. The minimum atomic E-state index is 0.00515. The van der Waals surface area contributed by atoms with Crippen LogP contribution in [0, 0.1) is 12.3 Å². The summed E-state index contributed by atoms with van der Waals surface area (Å²) in [4.78, 5) is 2.40. The molecule has 0 aliphatic carbocycles. The third-order valence-corrected chi connectivity index (χ3v) is 10.0. The second-order valence-corrected chi connectivity index (χ2v) is 13.1. The Morgan fingerprint density at radius 1 is 0.519 bits per heavy atom. The SMILES string of the molecule is C#C/C=C\C(CCc1ccccc1)N(c1ccc(-c2cccc3c2oc2ccccc23)cc1)c1ccc(-c2cccc3c2oc2ccccc23)cc1. The maximum atomic E-state index is 6.39. The largest absolute Gasteiger partial charge is 0.455 e. The van der Waals surface area contributed by atoms with E-state index in [1.807, 2.05) is 30.3 Å². The lowest BCUT2D eigenvalue weighted by atomic mass is 9.99. The van der Waals surface area contributed by atoms with Gasteiger partial charge in [-0.3, -0.25) is 0 Å². The first kappa shape index (κ1) is 31.2. The molecule has 1 unspecified atom stereocenters. The highest BCUT2D eigenvalue weighted by Gasteiger charge is 2.21. The number of fused-ring (bicyclic) bond motifs is 6. The van der Waals surface area contributed by atoms with Gasteiger partial charge in [0.2, 0.25) is 0 Å². The van der Waals surface area contributed by atoms with Gasteiger partial charge >= 0.3 is 0 Å². The second kappa shape index (κ2) is 13.5. The summed E-state index contributed by atoms with van der Waals surface area (Å²) < 4.78 is 12.8. The van der Waals surface area contributed by atoms with Gasteiger partial charge in [-0.2, -0.15) is 0 Å². The summed E-state index contributed by atoms with van der Waals surface area (Å²) >= 11 is 0. The normalized spacial score (nSPS) is 12.2. The van der Waals surface area contributed by atoms with E-state index in [4.69, 9.17) is 15.3 Å². The molecule has 248 valence electrons. The second-order valence-electron chi connectivity index (χ2n) is 13.1. The Hall–Kier alpha value is -6.76. The fourth-order valence-corrected chi connectivity index (χ4v) is 7.52. The molecule has 7 aromatic carbocycles. The standard InChI is InChI=1S/C49H35NO2/c1-2-3-15-37(29-24-34-13-5-4-6-14-34)50(38-30-25-35(26-31-38)40-18-11-20-44-42-16-7-9-22-46(42)51-48(40)44)39-32-27-36(28-33-39)41-19-12-21-45-43-17-8-10-23-47(43)52-49(41)45/h1,3-23,25-28,30-33,37H,24,29H2/b15-3-. The molecule has 0 fully saturated rings. The topological polar surface area (TPSA) is 29.5 Å². The maximum Gasteiger partial charge on any atom is 0.143 e. The van der Waals surface area contributed by atoms with Crippen LogP contribution in [0.3, 0.4) is 0 Å². The van der Waals surface area contributed by atoms with Gasteiger partial charge in [-0.25, -0.2) is 0 Å². The lowest BCUT2D eigenvalue weighted by Gasteiger charge is -2.32. The Morgan fingerprint density at radius 3 is 1.52 bits per heavy atom. The van der Waals surface area contributed by atoms with Crippen molar-refractivity contribution in [3.8, 4) is 34.6 Å². The van der Waals surface area contributed by atoms with Gasteiger partial charge in [0.05, 0.1) is 6.04 Å². The first-order valence-corrected chi connectivity index (χ1v) is 17.7. The molecule has 0 radical (unpaired) electrons. The van der Waals surface area contributed by atoms with Crippen molar-refractivity contribution in [3.05, 3.63) is 182 Å². The number of terminal acetylenes is 1. The fraction of sp³-hybridized carbons (Fsp3) is 0.0612. The summed E-state index contributed by atoms with van der Waals surface area (Å²) in [5.41, 5.74) is 11.4. The monoisotopic (exact) mass is 669 g/mol. The van der Waals surface area contributed by atoms with E-state index in [1.165, 1.54) is 5.56 Å². The molecule has 0 N–H and O–H groups in total. The van der Waals surface area contributed by atoms with Crippen LogP contribution in [0.2, 0.25) is 0 Å². The summed E-state index contributed by atoms with van der Waals surface area (Å²) in [7, 11) is 0. The summed E-state index contributed by atoms with van der Waals surface area (Å²) in [6, 6.07) is 57.4. The Bertz CT molecular complexity index is 2590. The van der Waals surface area contributed by atoms with Crippen molar-refractivity contribution in [1.82, 2.24) is 0 Å². The van der Waals surface area contributed by atoms with Crippen LogP contribution in [0.25, 0.3) is 66.1 Å². The molecule has 2 heterocycles. The minimum absolute atomic E-state index is 0.00515. The number of nitrogens with zero attached hydrogens (tertiary/aromatic N) is 1. The van der Waals surface area contributed by atoms with E-state index in [1.54, 1.807) is 0 Å². The molecule has 9 aromatic rings. The highest BCUT2D eigenvalue weighted by Crippen LogP contribution is 2.40. The smallest absolute Gasteiger partial charge is 0.143 e. The molecule has 9 rings (SSSR count). The van der Waals surface area contributed by atoms with Crippen molar-refractivity contribution in [2.45, 2.75) is 18.9 Å². The molecule has 0 spiro atoms. The molecular weight excluding hydrogens is 635 g/mol. The van der Waals surface area contributed by atoms with Crippen molar-refractivity contribution < 1.29 is 8.83 Å². The Labute approximate surface area is 303 Å². The third-order valence-electron chi connectivity index (χ3n) is 10.0. The van der Waals surface area contributed by atoms with E-state index in [0.717, 1.165) is 90.3 Å². The molecular formula is C49H35NO2. The molecule has 0 saturated heterocycles. The van der Waals surface area contributed by atoms with Crippen LogP contribution in [0.5, 0.6) is 0 Å². The number of allylic oxidation sites excluding steroid dienone is 1. The molecule has 0 aliphatic heterocycles. The number of anilines is 2. The number of hydrogen-bond donors (Lipinski definition) is 0. The van der Waals surface area contributed by atoms with E-state index in [-0.39, 0.29) is 6.04 Å². The van der Waals surface area contributed by atoms with E-state index in [9.17, 15) is 0 Å². The predicted octanol–water partition coefficient (Wildman–Crippen LogP) is 13.1. The summed E-state index contributed by atoms with van der Waals surface area (Å²) in [5.74, 6) is 2.74. The van der Waals surface area contributed by atoms with Crippen LogP contribution in [0.4, 0.5) is 11.4 Å². The molecule has 3 heteroatoms. The van der Waals surface area contributed by atoms with Gasteiger partial charge in [-0.1, -0.05) is 139 Å². The van der Waals surface area contributed by atoms with Crippen molar-refractivity contribution in [3.63, 3.8) is 0 Å². The van der Waals surface area contributed by atoms with Crippen LogP contribution in [0.15, 0.2) is 185 Å². The zero-order valence-corrected chi connectivity index (χ0v) is 28.6. The number of aryl methyl sites for hydroxylation is 1. The Balaban J connectivity index is 1.12. The van der Waals surface area contributed by atoms with Crippen molar-refractivity contribution in [2.24, 2.45) is 0 Å². The molecule has 1 atom stereocenters. The van der Waals surface area contributed by atoms with Crippen LogP contribution >= 0.6 is 0 Å². The minimum Gasteiger partial charge on any atom is -0.455 e. The van der Waals surface area contributed by atoms with Gasteiger partial charge in [0.25, 0.3) is 0 Å².